The van der Waals surface area contributed by atoms with Crippen molar-refractivity contribution in [3.63, 3.8) is 0 Å². The average Bonchev–Trinajstić information content (AvgIpc) is 2.70. The number of hydrogen-bond donors (Lipinski definition) is 2. The number of benzene rings is 1. The summed E-state index contributed by atoms with van der Waals surface area (Å²) in [6, 6.07) is 5.83. The summed E-state index contributed by atoms with van der Waals surface area (Å²) in [7, 11) is 0. The molecule has 0 aliphatic carbocycles. The highest BCUT2D eigenvalue weighted by molar-refractivity contribution is 7.18. The Labute approximate surface area is 105 Å². The molecule has 4 heteroatoms. The van der Waals surface area contributed by atoms with Gasteiger partial charge in [0, 0.05) is 12.0 Å². The number of aliphatic hydroxyl groups excluding tert-OH is 1. The number of nitrogens with two attached hydrogens (primary N) is 1. The zero-order valence-corrected chi connectivity index (χ0v) is 11.2. The molecule has 0 saturated carbocycles. The third kappa shape index (κ3) is 2.49. The molecule has 1 atom stereocenters. The van der Waals surface area contributed by atoms with Crippen LogP contribution in [0.1, 0.15) is 37.4 Å². The maximum Gasteiger partial charge on any atom is 0.0992 e. The minimum absolute atomic E-state index is 0.0658. The molecule has 92 valence electrons. The first-order valence-corrected chi connectivity index (χ1v) is 6.52. The molecular weight excluding hydrogens is 232 g/mol. The van der Waals surface area contributed by atoms with Crippen LogP contribution in [0.5, 0.6) is 0 Å². The van der Waals surface area contributed by atoms with E-state index in [9.17, 15) is 5.11 Å². The number of aliphatic hydroxyl groups is 1. The summed E-state index contributed by atoms with van der Waals surface area (Å²) in [5, 5.41) is 10.8. The number of nitrogens with zero attached hydrogens (tertiary/aromatic N) is 1. The fourth-order valence-corrected chi connectivity index (χ4v) is 2.68. The van der Waals surface area contributed by atoms with Gasteiger partial charge in [0.05, 0.1) is 21.3 Å². The van der Waals surface area contributed by atoms with E-state index >= 15 is 0 Å². The molecule has 3 nitrogen and oxygen atoms in total. The van der Waals surface area contributed by atoms with Gasteiger partial charge < -0.3 is 10.8 Å². The molecule has 0 bridgehead atoms. The van der Waals surface area contributed by atoms with Crippen molar-refractivity contribution < 1.29 is 5.11 Å². The lowest BCUT2D eigenvalue weighted by atomic mass is 9.98. The van der Waals surface area contributed by atoms with Crippen molar-refractivity contribution in [3.05, 3.63) is 28.8 Å². The Hall–Kier alpha value is -0.970. The van der Waals surface area contributed by atoms with Crippen LogP contribution >= 0.6 is 11.3 Å². The van der Waals surface area contributed by atoms with Crippen LogP contribution in [0.4, 0.5) is 0 Å². The van der Waals surface area contributed by atoms with Gasteiger partial charge in [-0.1, -0.05) is 26.8 Å². The van der Waals surface area contributed by atoms with Crippen LogP contribution in [0.15, 0.2) is 18.2 Å². The molecule has 1 aromatic carbocycles. The maximum absolute atomic E-state index is 9.71. The number of thiazole rings is 1. The SMILES string of the molecule is CC(C)(C)c1nc2ccc(C(O)CN)cc2s1. The molecule has 0 spiro atoms. The van der Waals surface area contributed by atoms with E-state index < -0.39 is 6.10 Å². The summed E-state index contributed by atoms with van der Waals surface area (Å²) in [6.07, 6.45) is -0.584. The van der Waals surface area contributed by atoms with E-state index in [1.807, 2.05) is 18.2 Å². The van der Waals surface area contributed by atoms with Crippen molar-refractivity contribution in [3.8, 4) is 0 Å². The third-order valence-electron chi connectivity index (χ3n) is 2.66. The van der Waals surface area contributed by atoms with Crippen LogP contribution < -0.4 is 5.73 Å². The molecule has 0 fully saturated rings. The highest BCUT2D eigenvalue weighted by atomic mass is 32.1. The molecule has 1 heterocycles. The van der Waals surface area contributed by atoms with Crippen LogP contribution in [0.25, 0.3) is 10.2 Å². The molecule has 1 unspecified atom stereocenters. The molecule has 3 N–H and O–H groups in total. The van der Waals surface area contributed by atoms with Crippen molar-refractivity contribution in [1.82, 2.24) is 4.98 Å². The lowest BCUT2D eigenvalue weighted by Crippen LogP contribution is -2.11. The molecule has 2 rings (SSSR count). The first kappa shape index (κ1) is 12.5. The second kappa shape index (κ2) is 4.37. The zero-order chi connectivity index (χ0) is 12.6. The van der Waals surface area contributed by atoms with E-state index in [-0.39, 0.29) is 12.0 Å². The van der Waals surface area contributed by atoms with E-state index in [4.69, 9.17) is 5.73 Å². The normalized spacial score (nSPS) is 14.2. The molecule has 1 aromatic heterocycles. The largest absolute Gasteiger partial charge is 0.387 e. The lowest BCUT2D eigenvalue weighted by molar-refractivity contribution is 0.187. The summed E-state index contributed by atoms with van der Waals surface area (Å²) >= 11 is 1.68. The Kier molecular flexibility index (Phi) is 3.21. The summed E-state index contributed by atoms with van der Waals surface area (Å²) in [5.41, 5.74) is 7.38. The number of fused-ring (bicyclic) bond motifs is 1. The van der Waals surface area contributed by atoms with E-state index in [0.29, 0.717) is 0 Å². The number of hydrogen-bond acceptors (Lipinski definition) is 4. The summed E-state index contributed by atoms with van der Waals surface area (Å²) in [5.74, 6) is 0. The topological polar surface area (TPSA) is 59.1 Å². The Bertz CT molecular complexity index is 528. The predicted molar refractivity (Wildman–Crippen MR) is 72.3 cm³/mol. The highest BCUT2D eigenvalue weighted by Gasteiger charge is 2.19. The Morgan fingerprint density at radius 2 is 2.12 bits per heavy atom. The van der Waals surface area contributed by atoms with Crippen molar-refractivity contribution in [2.45, 2.75) is 32.3 Å². The predicted octanol–water partition coefficient (Wildman–Crippen LogP) is 2.59. The molecule has 0 aliphatic heterocycles. The average molecular weight is 250 g/mol. The van der Waals surface area contributed by atoms with E-state index in [2.05, 4.69) is 25.8 Å². The Morgan fingerprint density at radius 3 is 2.71 bits per heavy atom. The van der Waals surface area contributed by atoms with Gasteiger partial charge in [-0.25, -0.2) is 4.98 Å². The second-order valence-electron chi connectivity index (χ2n) is 5.25. The summed E-state index contributed by atoms with van der Waals surface area (Å²) < 4.78 is 1.11. The van der Waals surface area contributed by atoms with Crippen LogP contribution in [0.3, 0.4) is 0 Å². The molecule has 0 saturated heterocycles. The Morgan fingerprint density at radius 1 is 1.41 bits per heavy atom. The van der Waals surface area contributed by atoms with Crippen LogP contribution in [0.2, 0.25) is 0 Å². The molecule has 2 aromatic rings. The van der Waals surface area contributed by atoms with Gasteiger partial charge in [0.2, 0.25) is 0 Å². The van der Waals surface area contributed by atoms with Gasteiger partial charge in [-0.05, 0) is 17.7 Å². The van der Waals surface area contributed by atoms with Crippen molar-refractivity contribution in [2.24, 2.45) is 5.73 Å². The van der Waals surface area contributed by atoms with E-state index in [1.54, 1.807) is 11.3 Å². The van der Waals surface area contributed by atoms with Crippen molar-refractivity contribution in [1.29, 1.82) is 0 Å². The van der Waals surface area contributed by atoms with Gasteiger partial charge >= 0.3 is 0 Å². The highest BCUT2D eigenvalue weighted by Crippen LogP contribution is 2.32. The van der Waals surface area contributed by atoms with Gasteiger partial charge in [0.25, 0.3) is 0 Å². The first-order valence-electron chi connectivity index (χ1n) is 5.71. The molecule has 0 aliphatic rings. The fraction of sp³-hybridized carbons (Fsp3) is 0.462. The molecule has 17 heavy (non-hydrogen) atoms. The smallest absolute Gasteiger partial charge is 0.0992 e. The number of rotatable bonds is 2. The fourth-order valence-electron chi connectivity index (χ4n) is 1.61. The summed E-state index contributed by atoms with van der Waals surface area (Å²) in [6.45, 7) is 6.71. The van der Waals surface area contributed by atoms with Gasteiger partial charge in [0.15, 0.2) is 0 Å². The van der Waals surface area contributed by atoms with E-state index in [1.165, 1.54) is 0 Å². The van der Waals surface area contributed by atoms with Crippen molar-refractivity contribution in [2.75, 3.05) is 6.54 Å². The first-order chi connectivity index (χ1) is 7.91. The number of aromatic nitrogens is 1. The standard InChI is InChI=1S/C13H18N2OS/c1-13(2,3)12-15-9-5-4-8(10(16)7-14)6-11(9)17-12/h4-6,10,16H,7,14H2,1-3H3. The minimum Gasteiger partial charge on any atom is -0.387 e. The second-order valence-corrected chi connectivity index (χ2v) is 6.28. The summed E-state index contributed by atoms with van der Waals surface area (Å²) in [4.78, 5) is 4.62. The maximum atomic E-state index is 9.71. The lowest BCUT2D eigenvalue weighted by Gasteiger charge is -2.13. The third-order valence-corrected chi connectivity index (χ3v) is 4.11. The van der Waals surface area contributed by atoms with Crippen LogP contribution in [-0.4, -0.2) is 16.6 Å². The van der Waals surface area contributed by atoms with Crippen LogP contribution in [-0.2, 0) is 5.41 Å². The monoisotopic (exact) mass is 250 g/mol. The van der Waals surface area contributed by atoms with Gasteiger partial charge in [0.1, 0.15) is 0 Å². The molecule has 0 amide bonds. The van der Waals surface area contributed by atoms with Crippen molar-refractivity contribution >= 4 is 21.6 Å². The van der Waals surface area contributed by atoms with E-state index in [0.717, 1.165) is 20.8 Å². The quantitative estimate of drug-likeness (QED) is 0.861. The molecule has 0 radical (unpaired) electrons. The minimum atomic E-state index is -0.584. The Balaban J connectivity index is 2.48. The van der Waals surface area contributed by atoms with Gasteiger partial charge in [-0.2, -0.15) is 0 Å². The zero-order valence-electron chi connectivity index (χ0n) is 10.4. The molecular formula is C13H18N2OS. The van der Waals surface area contributed by atoms with Gasteiger partial charge in [-0.15, -0.1) is 11.3 Å². The van der Waals surface area contributed by atoms with Crippen LogP contribution in [0, 0.1) is 0 Å². The van der Waals surface area contributed by atoms with Gasteiger partial charge in [-0.3, -0.25) is 0 Å².